The topological polar surface area (TPSA) is 50.7 Å². The number of nitrogens with zero attached hydrogens (tertiary/aromatic N) is 1. The number of carbonyl (C=O) groups is 1. The number of hydrazone groups is 1. The van der Waals surface area contributed by atoms with Gasteiger partial charge in [-0.05, 0) is 48.4 Å². The van der Waals surface area contributed by atoms with Crippen molar-refractivity contribution in [3.05, 3.63) is 60.2 Å². The zero-order valence-electron chi connectivity index (χ0n) is 13.8. The summed E-state index contributed by atoms with van der Waals surface area (Å²) in [6, 6.07) is 17.6. The molecule has 1 N–H and O–H groups in total. The van der Waals surface area contributed by atoms with Crippen LogP contribution in [0.3, 0.4) is 0 Å². The summed E-state index contributed by atoms with van der Waals surface area (Å²) in [5.74, 6) is 1.49. The fourth-order valence-electron chi connectivity index (χ4n) is 1.88. The summed E-state index contributed by atoms with van der Waals surface area (Å²) < 4.78 is 5.52. The molecule has 4 nitrogen and oxygen atoms in total. The highest BCUT2D eigenvalue weighted by Crippen LogP contribution is 2.17. The van der Waals surface area contributed by atoms with Crippen molar-refractivity contribution in [2.24, 2.45) is 5.10 Å². The quantitative estimate of drug-likeness (QED) is 0.424. The number of nitrogens with one attached hydrogen (secondary N) is 1. The largest absolute Gasteiger partial charge is 0.494 e. The lowest BCUT2D eigenvalue weighted by molar-refractivity contribution is -0.120. The van der Waals surface area contributed by atoms with Gasteiger partial charge in [-0.25, -0.2) is 5.43 Å². The molecule has 0 bridgehead atoms. The molecule has 0 atom stereocenters. The first-order chi connectivity index (χ1) is 11.8. The van der Waals surface area contributed by atoms with Crippen LogP contribution in [0, 0.1) is 0 Å². The second-order valence-electron chi connectivity index (χ2n) is 5.12. The van der Waals surface area contributed by atoms with Crippen LogP contribution in [0.2, 0.25) is 0 Å². The minimum Gasteiger partial charge on any atom is -0.494 e. The number of benzene rings is 2. The average molecular weight is 342 g/mol. The van der Waals surface area contributed by atoms with Crippen molar-refractivity contribution in [2.45, 2.75) is 24.7 Å². The number of amides is 1. The molecular formula is C19H22N2O2S. The van der Waals surface area contributed by atoms with Gasteiger partial charge in [-0.2, -0.15) is 5.10 Å². The van der Waals surface area contributed by atoms with Crippen LogP contribution >= 0.6 is 11.8 Å². The van der Waals surface area contributed by atoms with Gasteiger partial charge in [0.15, 0.2) is 0 Å². The molecule has 5 heteroatoms. The van der Waals surface area contributed by atoms with Crippen molar-refractivity contribution in [2.75, 3.05) is 12.4 Å². The molecule has 0 radical (unpaired) electrons. The molecule has 0 aliphatic carbocycles. The van der Waals surface area contributed by atoms with Gasteiger partial charge in [-0.15, -0.1) is 11.8 Å². The fraction of sp³-hybridized carbons (Fsp3) is 0.263. The van der Waals surface area contributed by atoms with E-state index in [9.17, 15) is 4.79 Å². The second-order valence-corrected chi connectivity index (χ2v) is 6.29. The van der Waals surface area contributed by atoms with Crippen molar-refractivity contribution in [1.82, 2.24) is 5.43 Å². The summed E-state index contributed by atoms with van der Waals surface area (Å²) in [6.07, 6.45) is 3.05. The highest BCUT2D eigenvalue weighted by Gasteiger charge is 2.00. The number of thioether (sulfide) groups is 1. The molecule has 0 heterocycles. The van der Waals surface area contributed by atoms with Crippen LogP contribution in [-0.2, 0) is 4.79 Å². The first kappa shape index (κ1) is 18.1. The van der Waals surface area contributed by atoms with E-state index >= 15 is 0 Å². The Morgan fingerprint density at radius 1 is 1.17 bits per heavy atom. The molecule has 0 saturated heterocycles. The first-order valence-electron chi connectivity index (χ1n) is 8.00. The van der Waals surface area contributed by atoms with E-state index in [1.165, 1.54) is 4.90 Å². The van der Waals surface area contributed by atoms with E-state index in [2.05, 4.69) is 17.5 Å². The van der Waals surface area contributed by atoms with E-state index in [-0.39, 0.29) is 5.91 Å². The number of carbonyl (C=O) groups excluding carboxylic acids is 1. The molecule has 1 amide bonds. The number of hydrogen-bond donors (Lipinski definition) is 1. The van der Waals surface area contributed by atoms with E-state index in [0.29, 0.717) is 13.0 Å². The number of rotatable bonds is 9. The Balaban J connectivity index is 1.68. The lowest BCUT2D eigenvalue weighted by atomic mass is 10.2. The Kier molecular flexibility index (Phi) is 7.90. The maximum atomic E-state index is 11.7. The number of hydrogen-bond acceptors (Lipinski definition) is 4. The Morgan fingerprint density at radius 2 is 1.92 bits per heavy atom. The van der Waals surface area contributed by atoms with Crippen LogP contribution in [-0.4, -0.2) is 24.5 Å². The summed E-state index contributed by atoms with van der Waals surface area (Å²) in [7, 11) is 0. The summed E-state index contributed by atoms with van der Waals surface area (Å²) in [5, 5.41) is 3.98. The van der Waals surface area contributed by atoms with Gasteiger partial charge in [-0.1, -0.05) is 25.1 Å². The predicted octanol–water partition coefficient (Wildman–Crippen LogP) is 4.11. The third-order valence-corrected chi connectivity index (χ3v) is 4.11. The van der Waals surface area contributed by atoms with Crippen molar-refractivity contribution < 1.29 is 9.53 Å². The molecule has 126 valence electrons. The van der Waals surface area contributed by atoms with Crippen LogP contribution in [0.25, 0.3) is 0 Å². The molecule has 0 spiro atoms. The zero-order valence-corrected chi connectivity index (χ0v) is 14.6. The van der Waals surface area contributed by atoms with Crippen LogP contribution in [0.1, 0.15) is 25.3 Å². The van der Waals surface area contributed by atoms with Crippen LogP contribution in [0.5, 0.6) is 5.75 Å². The van der Waals surface area contributed by atoms with Gasteiger partial charge in [0.1, 0.15) is 5.75 Å². The van der Waals surface area contributed by atoms with Gasteiger partial charge in [0, 0.05) is 17.1 Å². The smallest absolute Gasteiger partial charge is 0.240 e. The van der Waals surface area contributed by atoms with Gasteiger partial charge >= 0.3 is 0 Å². The molecule has 0 unspecified atom stereocenters. The Hall–Kier alpha value is -2.27. The summed E-state index contributed by atoms with van der Waals surface area (Å²) in [5.41, 5.74) is 3.47. The predicted molar refractivity (Wildman–Crippen MR) is 99.7 cm³/mol. The molecule has 2 aromatic carbocycles. The normalized spacial score (nSPS) is 10.7. The van der Waals surface area contributed by atoms with Crippen molar-refractivity contribution >= 4 is 23.9 Å². The maximum absolute atomic E-state index is 11.7. The average Bonchev–Trinajstić information content (AvgIpc) is 2.62. The lowest BCUT2D eigenvalue weighted by Gasteiger charge is -2.04. The molecule has 2 aromatic rings. The molecule has 0 saturated carbocycles. The standard InChI is InChI=1S/C19H22N2O2S/c1-2-13-23-17-10-8-16(9-11-17)15-20-21-19(22)12-14-24-18-6-4-3-5-7-18/h3-11,15H,2,12-14H2,1H3,(H,21,22)/b20-15+. The Morgan fingerprint density at radius 3 is 2.62 bits per heavy atom. The van der Waals surface area contributed by atoms with Gasteiger partial charge in [0.05, 0.1) is 12.8 Å². The third-order valence-electron chi connectivity index (χ3n) is 3.10. The van der Waals surface area contributed by atoms with Gasteiger partial charge in [0.2, 0.25) is 5.91 Å². The highest BCUT2D eigenvalue weighted by molar-refractivity contribution is 7.99. The molecule has 0 aliphatic heterocycles. The summed E-state index contributed by atoms with van der Waals surface area (Å²) >= 11 is 1.66. The minimum absolute atomic E-state index is 0.0856. The van der Waals surface area contributed by atoms with E-state index in [1.54, 1.807) is 18.0 Å². The van der Waals surface area contributed by atoms with E-state index in [1.807, 2.05) is 54.6 Å². The maximum Gasteiger partial charge on any atom is 0.240 e. The van der Waals surface area contributed by atoms with Crippen LogP contribution < -0.4 is 10.2 Å². The summed E-state index contributed by atoms with van der Waals surface area (Å²) in [4.78, 5) is 12.9. The zero-order chi connectivity index (χ0) is 17.0. The molecule has 0 aromatic heterocycles. The monoisotopic (exact) mass is 342 g/mol. The number of ether oxygens (including phenoxy) is 1. The van der Waals surface area contributed by atoms with Gasteiger partial charge in [-0.3, -0.25) is 4.79 Å². The Bertz CT molecular complexity index is 642. The van der Waals surface area contributed by atoms with Crippen LogP contribution in [0.4, 0.5) is 0 Å². The van der Waals surface area contributed by atoms with Crippen LogP contribution in [0.15, 0.2) is 64.6 Å². The lowest BCUT2D eigenvalue weighted by Crippen LogP contribution is -2.17. The molecule has 24 heavy (non-hydrogen) atoms. The van der Waals surface area contributed by atoms with E-state index in [0.717, 1.165) is 23.5 Å². The van der Waals surface area contributed by atoms with E-state index < -0.39 is 0 Å². The summed E-state index contributed by atoms with van der Waals surface area (Å²) in [6.45, 7) is 2.78. The highest BCUT2D eigenvalue weighted by atomic mass is 32.2. The SMILES string of the molecule is CCCOc1ccc(/C=N/NC(=O)CCSc2ccccc2)cc1. The van der Waals surface area contributed by atoms with Crippen molar-refractivity contribution in [3.63, 3.8) is 0 Å². The Labute approximate surface area is 147 Å². The third kappa shape index (κ3) is 6.87. The van der Waals surface area contributed by atoms with Crippen molar-refractivity contribution in [1.29, 1.82) is 0 Å². The first-order valence-corrected chi connectivity index (χ1v) is 8.99. The molecule has 0 aliphatic rings. The second kappa shape index (κ2) is 10.5. The van der Waals surface area contributed by atoms with E-state index in [4.69, 9.17) is 4.74 Å². The van der Waals surface area contributed by atoms with Crippen molar-refractivity contribution in [3.8, 4) is 5.75 Å². The van der Waals surface area contributed by atoms with Gasteiger partial charge in [0.25, 0.3) is 0 Å². The molecule has 0 fully saturated rings. The molecule has 2 rings (SSSR count). The van der Waals surface area contributed by atoms with Gasteiger partial charge < -0.3 is 4.74 Å². The minimum atomic E-state index is -0.0856. The fourth-order valence-corrected chi connectivity index (χ4v) is 2.76. The molecular weight excluding hydrogens is 320 g/mol.